The summed E-state index contributed by atoms with van der Waals surface area (Å²) in [5.41, 5.74) is 13.7. The summed E-state index contributed by atoms with van der Waals surface area (Å²) in [5.74, 6) is 0. The van der Waals surface area contributed by atoms with Gasteiger partial charge in [0.25, 0.3) is 0 Å². The first-order valence-electron chi connectivity index (χ1n) is 20.2. The zero-order valence-corrected chi connectivity index (χ0v) is 32.8. The zero-order valence-electron chi connectivity index (χ0n) is 31.8. The highest BCUT2D eigenvalue weighted by atomic mass is 28.3. The van der Waals surface area contributed by atoms with Gasteiger partial charge in [-0.2, -0.15) is 0 Å². The van der Waals surface area contributed by atoms with Crippen molar-refractivity contribution in [3.63, 3.8) is 0 Å². The Morgan fingerprint density at radius 1 is 0.293 bits per heavy atom. The summed E-state index contributed by atoms with van der Waals surface area (Å²) in [5, 5.41) is 10.6. The maximum absolute atomic E-state index is 3.10. The van der Waals surface area contributed by atoms with Gasteiger partial charge in [-0.15, -0.1) is 0 Å². The van der Waals surface area contributed by atoms with Crippen LogP contribution in [0.2, 0.25) is 0 Å². The number of fused-ring (bicyclic) bond motifs is 9. The van der Waals surface area contributed by atoms with Crippen LogP contribution in [0.15, 0.2) is 224 Å². The third-order valence-corrected chi connectivity index (χ3v) is 17.4. The standard InChI is InChI=1S/C56H37NSi/c1-3-21-42(22-4-1)58(43-23-5-2-6-24-43)54-36-40(46-30-15-19-38-17-7-9-25-44(38)46)33-34-53(54)57-52-32-14-13-29-50(52)48-27-11-12-28-49(48)51-35-41(37-55(58)56(51)57)47-31-16-20-39-18-8-10-26-45(39)47/h1-37H. The summed E-state index contributed by atoms with van der Waals surface area (Å²) in [4.78, 5) is 2.62. The highest BCUT2D eigenvalue weighted by molar-refractivity contribution is 7.21. The van der Waals surface area contributed by atoms with Crippen LogP contribution < -0.4 is 25.6 Å². The second kappa shape index (κ2) is 12.9. The van der Waals surface area contributed by atoms with Gasteiger partial charge in [0.1, 0.15) is 0 Å². The third kappa shape index (κ3) is 4.70. The molecule has 1 nitrogen and oxygen atoms in total. The fraction of sp³-hybridized carbons (Fsp3) is 0. The van der Waals surface area contributed by atoms with E-state index in [-0.39, 0.29) is 0 Å². The van der Waals surface area contributed by atoms with E-state index in [9.17, 15) is 0 Å². The van der Waals surface area contributed by atoms with Crippen LogP contribution in [0, 0.1) is 0 Å². The SMILES string of the molecule is c1ccc([Si]2(c3ccccc3)c3cc(-c4cccc5ccccc45)ccc3N3c4ccccc4-c4ccccc4-c4cc(-c5cccc6ccccc56)cc2c43)cc1. The van der Waals surface area contributed by atoms with Gasteiger partial charge in [0.15, 0.2) is 8.07 Å². The Morgan fingerprint density at radius 3 is 1.43 bits per heavy atom. The number of benzene rings is 10. The van der Waals surface area contributed by atoms with E-state index in [2.05, 4.69) is 229 Å². The molecule has 0 saturated carbocycles. The number of nitrogens with zero attached hydrogens (tertiary/aromatic N) is 1. The Hall–Kier alpha value is -7.26. The van der Waals surface area contributed by atoms with Gasteiger partial charge in [0.05, 0.1) is 11.4 Å². The molecule has 10 aromatic carbocycles. The van der Waals surface area contributed by atoms with E-state index in [4.69, 9.17) is 0 Å². The molecule has 0 radical (unpaired) electrons. The smallest absolute Gasteiger partial charge is 0.184 e. The van der Waals surface area contributed by atoms with Gasteiger partial charge in [0.2, 0.25) is 0 Å². The van der Waals surface area contributed by atoms with Crippen LogP contribution in [-0.2, 0) is 0 Å². The van der Waals surface area contributed by atoms with Crippen LogP contribution in [0.1, 0.15) is 0 Å². The van der Waals surface area contributed by atoms with Gasteiger partial charge in [-0.25, -0.2) is 0 Å². The minimum Gasteiger partial charge on any atom is -0.309 e. The molecule has 0 saturated heterocycles. The van der Waals surface area contributed by atoms with Gasteiger partial charge in [0, 0.05) is 16.8 Å². The number of hydrogen-bond acceptors (Lipinski definition) is 1. The quantitative estimate of drug-likeness (QED) is 0.162. The van der Waals surface area contributed by atoms with Gasteiger partial charge in [-0.3, -0.25) is 0 Å². The molecule has 0 bridgehead atoms. The normalized spacial score (nSPS) is 13.3. The van der Waals surface area contributed by atoms with Crippen LogP contribution in [0.5, 0.6) is 0 Å². The van der Waals surface area contributed by atoms with Crippen LogP contribution in [-0.4, -0.2) is 8.07 Å². The predicted octanol–water partition coefficient (Wildman–Crippen LogP) is 12.1. The summed E-state index contributed by atoms with van der Waals surface area (Å²) in [7, 11) is -3.10. The van der Waals surface area contributed by atoms with Crippen molar-refractivity contribution in [3.8, 4) is 44.5 Å². The van der Waals surface area contributed by atoms with Crippen molar-refractivity contribution >= 4 is 67.4 Å². The highest BCUT2D eigenvalue weighted by Crippen LogP contribution is 2.53. The molecule has 0 spiro atoms. The molecule has 2 aliphatic heterocycles. The maximum Gasteiger partial charge on any atom is 0.184 e. The molecule has 10 aromatic rings. The molecule has 0 amide bonds. The van der Waals surface area contributed by atoms with Gasteiger partial charge in [-0.1, -0.05) is 206 Å². The van der Waals surface area contributed by atoms with E-state index in [0.29, 0.717) is 0 Å². The van der Waals surface area contributed by atoms with Crippen molar-refractivity contribution in [2.24, 2.45) is 0 Å². The first-order valence-corrected chi connectivity index (χ1v) is 22.2. The molecule has 58 heavy (non-hydrogen) atoms. The van der Waals surface area contributed by atoms with E-state index in [1.54, 1.807) is 0 Å². The van der Waals surface area contributed by atoms with Crippen molar-refractivity contribution in [1.82, 2.24) is 0 Å². The van der Waals surface area contributed by atoms with Crippen LogP contribution in [0.4, 0.5) is 17.1 Å². The van der Waals surface area contributed by atoms with E-state index in [0.717, 1.165) is 0 Å². The van der Waals surface area contributed by atoms with Crippen LogP contribution >= 0.6 is 0 Å². The lowest BCUT2D eigenvalue weighted by atomic mass is 9.91. The average molecular weight is 752 g/mol. The molecule has 0 aromatic heterocycles. The Balaban J connectivity index is 1.30. The fourth-order valence-corrected chi connectivity index (χ4v) is 15.4. The Labute approximate surface area is 339 Å². The van der Waals surface area contributed by atoms with Crippen molar-refractivity contribution in [1.29, 1.82) is 0 Å². The molecule has 2 aliphatic rings. The topological polar surface area (TPSA) is 3.24 Å². The summed E-state index contributed by atoms with van der Waals surface area (Å²) < 4.78 is 0. The molecule has 0 atom stereocenters. The minimum absolute atomic E-state index is 1.20. The highest BCUT2D eigenvalue weighted by Gasteiger charge is 2.51. The van der Waals surface area contributed by atoms with Crippen molar-refractivity contribution in [3.05, 3.63) is 224 Å². The van der Waals surface area contributed by atoms with E-state index in [1.807, 2.05) is 0 Å². The minimum atomic E-state index is -3.10. The van der Waals surface area contributed by atoms with E-state index >= 15 is 0 Å². The van der Waals surface area contributed by atoms with Crippen molar-refractivity contribution in [2.75, 3.05) is 4.90 Å². The first-order chi connectivity index (χ1) is 28.8. The van der Waals surface area contributed by atoms with Crippen molar-refractivity contribution < 1.29 is 0 Å². The molecule has 12 rings (SSSR count). The number of para-hydroxylation sites is 1. The molecule has 2 heterocycles. The molecule has 0 unspecified atom stereocenters. The predicted molar refractivity (Wildman–Crippen MR) is 249 cm³/mol. The average Bonchev–Trinajstić information content (AvgIpc) is 3.42. The largest absolute Gasteiger partial charge is 0.309 e. The second-order valence-corrected chi connectivity index (χ2v) is 19.3. The Bertz CT molecular complexity index is 3190. The molecular weight excluding hydrogens is 715 g/mol. The lowest BCUT2D eigenvalue weighted by Crippen LogP contribution is -2.77. The summed E-state index contributed by atoms with van der Waals surface area (Å²) in [6.07, 6.45) is 0. The monoisotopic (exact) mass is 751 g/mol. The lowest BCUT2D eigenvalue weighted by molar-refractivity contribution is 1.30. The van der Waals surface area contributed by atoms with Gasteiger partial charge >= 0.3 is 0 Å². The lowest BCUT2D eigenvalue weighted by Gasteiger charge is -2.46. The number of anilines is 3. The second-order valence-electron chi connectivity index (χ2n) is 15.6. The van der Waals surface area contributed by atoms with Crippen molar-refractivity contribution in [2.45, 2.75) is 0 Å². The first kappa shape index (κ1) is 32.9. The number of hydrogen-bond donors (Lipinski definition) is 0. The molecule has 270 valence electrons. The maximum atomic E-state index is 2.62. The Kier molecular flexibility index (Phi) is 7.32. The molecular formula is C56H37NSi. The van der Waals surface area contributed by atoms with Gasteiger partial charge in [-0.05, 0) is 93.9 Å². The molecule has 0 aliphatic carbocycles. The summed E-state index contributed by atoms with van der Waals surface area (Å²) in [6.45, 7) is 0. The molecule has 0 N–H and O–H groups in total. The van der Waals surface area contributed by atoms with E-state index < -0.39 is 8.07 Å². The third-order valence-electron chi connectivity index (χ3n) is 12.6. The van der Waals surface area contributed by atoms with Gasteiger partial charge < -0.3 is 4.90 Å². The zero-order chi connectivity index (χ0) is 38.2. The molecule has 2 heteroatoms. The summed E-state index contributed by atoms with van der Waals surface area (Å²) >= 11 is 0. The Morgan fingerprint density at radius 2 is 0.776 bits per heavy atom. The fourth-order valence-electron chi connectivity index (χ4n) is 10.2. The van der Waals surface area contributed by atoms with Crippen LogP contribution in [0.3, 0.4) is 0 Å². The van der Waals surface area contributed by atoms with E-state index in [1.165, 1.54) is 104 Å². The number of rotatable bonds is 4. The van der Waals surface area contributed by atoms with Crippen LogP contribution in [0.25, 0.3) is 66.1 Å². The summed E-state index contributed by atoms with van der Waals surface area (Å²) in [6, 6.07) is 84.5. The molecule has 0 fully saturated rings.